The summed E-state index contributed by atoms with van der Waals surface area (Å²) < 4.78 is 41.0. The molecule has 5 nitrogen and oxygen atoms in total. The third kappa shape index (κ3) is 4.83. The number of carbonyl (C=O) groups is 2. The zero-order valence-corrected chi connectivity index (χ0v) is 18.3. The monoisotopic (exact) mass is 440 g/mol. The summed E-state index contributed by atoms with van der Waals surface area (Å²) in [6, 6.07) is 3.75. The van der Waals surface area contributed by atoms with Crippen molar-refractivity contribution in [3.05, 3.63) is 35.4 Å². The van der Waals surface area contributed by atoms with Gasteiger partial charge in [-0.3, -0.25) is 4.79 Å². The lowest BCUT2D eigenvalue weighted by molar-refractivity contribution is -0.138. The fourth-order valence-corrected chi connectivity index (χ4v) is 5.33. The van der Waals surface area contributed by atoms with Gasteiger partial charge in [0.1, 0.15) is 0 Å². The van der Waals surface area contributed by atoms with Crippen LogP contribution in [0.5, 0.6) is 0 Å². The first kappa shape index (κ1) is 23.4. The normalized spacial score (nSPS) is 23.1. The van der Waals surface area contributed by atoms with Crippen LogP contribution in [-0.4, -0.2) is 51.6 Å². The zero-order valence-electron chi connectivity index (χ0n) is 18.3. The third-order valence-corrected chi connectivity index (χ3v) is 6.52. The van der Waals surface area contributed by atoms with E-state index in [9.17, 15) is 27.9 Å². The number of carboxylic acid groups (broad SMARTS) is 1. The van der Waals surface area contributed by atoms with Gasteiger partial charge in [0.25, 0.3) is 5.91 Å². The van der Waals surface area contributed by atoms with Gasteiger partial charge >= 0.3 is 12.3 Å². The number of amides is 2. The number of nitrogens with zero attached hydrogens (tertiary/aromatic N) is 2. The summed E-state index contributed by atoms with van der Waals surface area (Å²) in [4.78, 5) is 28.6. The number of halogens is 3. The highest BCUT2D eigenvalue weighted by Crippen LogP contribution is 2.40. The molecule has 0 bridgehead atoms. The molecule has 0 spiro atoms. The summed E-state index contributed by atoms with van der Waals surface area (Å²) in [5.74, 6) is -0.647. The Balaban J connectivity index is 2.08. The van der Waals surface area contributed by atoms with Gasteiger partial charge in [0.2, 0.25) is 0 Å². The van der Waals surface area contributed by atoms with Gasteiger partial charge in [-0.05, 0) is 36.8 Å². The molecule has 0 aromatic heterocycles. The summed E-state index contributed by atoms with van der Waals surface area (Å²) in [7, 11) is 0. The predicted molar refractivity (Wildman–Crippen MR) is 111 cm³/mol. The van der Waals surface area contributed by atoms with E-state index in [4.69, 9.17) is 0 Å². The average molecular weight is 441 g/mol. The molecule has 2 aliphatic rings. The van der Waals surface area contributed by atoms with E-state index in [2.05, 4.69) is 0 Å². The molecule has 2 fully saturated rings. The van der Waals surface area contributed by atoms with Crippen molar-refractivity contribution in [1.29, 1.82) is 0 Å². The van der Waals surface area contributed by atoms with Crippen LogP contribution in [0.15, 0.2) is 24.3 Å². The molecule has 1 aliphatic heterocycles. The molecule has 2 atom stereocenters. The topological polar surface area (TPSA) is 60.9 Å². The minimum atomic E-state index is -4.64. The van der Waals surface area contributed by atoms with E-state index in [0.29, 0.717) is 6.42 Å². The van der Waals surface area contributed by atoms with E-state index >= 15 is 0 Å². The Morgan fingerprint density at radius 3 is 2.19 bits per heavy atom. The third-order valence-electron chi connectivity index (χ3n) is 6.52. The van der Waals surface area contributed by atoms with E-state index in [1.807, 2.05) is 20.8 Å². The molecule has 1 heterocycles. The Bertz CT molecular complexity index is 813. The average Bonchev–Trinajstić information content (AvgIpc) is 3.14. The highest BCUT2D eigenvalue weighted by Gasteiger charge is 2.50. The molecule has 172 valence electrons. The molecule has 31 heavy (non-hydrogen) atoms. The molecule has 8 heteroatoms. The summed E-state index contributed by atoms with van der Waals surface area (Å²) in [5, 5.41) is 9.74. The van der Waals surface area contributed by atoms with Crippen LogP contribution in [0.3, 0.4) is 0 Å². The molecule has 1 aromatic carbocycles. The first-order valence-electron chi connectivity index (χ1n) is 10.9. The molecule has 1 aliphatic carbocycles. The Labute approximate surface area is 181 Å². The fourth-order valence-electron chi connectivity index (χ4n) is 5.33. The molecule has 1 saturated carbocycles. The highest BCUT2D eigenvalue weighted by molar-refractivity contribution is 5.96. The zero-order chi connectivity index (χ0) is 23.0. The van der Waals surface area contributed by atoms with Gasteiger partial charge in [-0.2, -0.15) is 13.2 Å². The lowest BCUT2D eigenvalue weighted by atomic mass is 9.80. The van der Waals surface area contributed by atoms with E-state index in [0.717, 1.165) is 38.2 Å². The Hall–Kier alpha value is -2.25. The van der Waals surface area contributed by atoms with Crippen molar-refractivity contribution in [3.8, 4) is 0 Å². The second-order valence-corrected chi connectivity index (χ2v) is 9.69. The van der Waals surface area contributed by atoms with Crippen molar-refractivity contribution >= 4 is 12.0 Å². The number of carbonyl (C=O) groups excluding carboxylic acids is 1. The van der Waals surface area contributed by atoms with E-state index in [1.54, 1.807) is 4.90 Å². The first-order valence-corrected chi connectivity index (χ1v) is 10.9. The van der Waals surface area contributed by atoms with Crippen molar-refractivity contribution in [2.45, 2.75) is 83.6 Å². The molecule has 1 aromatic rings. The maximum atomic E-state index is 13.7. The largest absolute Gasteiger partial charge is 0.465 e. The van der Waals surface area contributed by atoms with Crippen molar-refractivity contribution in [1.82, 2.24) is 9.80 Å². The molecular weight excluding hydrogens is 409 g/mol. The molecule has 2 amide bonds. The van der Waals surface area contributed by atoms with Crippen LogP contribution in [0, 0.1) is 5.41 Å². The smallest absolute Gasteiger partial charge is 0.417 e. The lowest BCUT2D eigenvalue weighted by Gasteiger charge is -2.45. The summed E-state index contributed by atoms with van der Waals surface area (Å²) >= 11 is 0. The molecule has 0 radical (unpaired) electrons. The number of hydrogen-bond donors (Lipinski definition) is 1. The number of likely N-dealkylation sites (tertiary alicyclic amines) is 1. The van der Waals surface area contributed by atoms with Crippen LogP contribution in [-0.2, 0) is 6.18 Å². The summed E-state index contributed by atoms with van der Waals surface area (Å²) in [6.45, 7) is 6.01. The first-order chi connectivity index (χ1) is 14.4. The summed E-state index contributed by atoms with van der Waals surface area (Å²) in [6.07, 6.45) is -0.987. The summed E-state index contributed by atoms with van der Waals surface area (Å²) in [5.41, 5.74) is -1.78. The van der Waals surface area contributed by atoms with Crippen LogP contribution in [0.1, 0.15) is 75.2 Å². The van der Waals surface area contributed by atoms with E-state index in [-0.39, 0.29) is 18.2 Å². The second-order valence-electron chi connectivity index (χ2n) is 9.69. The van der Waals surface area contributed by atoms with Crippen molar-refractivity contribution < 1.29 is 27.9 Å². The van der Waals surface area contributed by atoms with Crippen LogP contribution >= 0.6 is 0 Å². The van der Waals surface area contributed by atoms with Crippen molar-refractivity contribution in [2.24, 2.45) is 5.41 Å². The van der Waals surface area contributed by atoms with Crippen molar-refractivity contribution in [2.75, 3.05) is 6.54 Å². The molecular formula is C23H31F3N2O3. The number of rotatable bonds is 3. The van der Waals surface area contributed by atoms with Gasteiger partial charge in [-0.25, -0.2) is 4.79 Å². The maximum absolute atomic E-state index is 13.7. The van der Waals surface area contributed by atoms with Crippen LogP contribution < -0.4 is 0 Å². The van der Waals surface area contributed by atoms with Gasteiger partial charge in [0, 0.05) is 12.6 Å². The second kappa shape index (κ2) is 8.71. The maximum Gasteiger partial charge on any atom is 0.417 e. The van der Waals surface area contributed by atoms with E-state index in [1.165, 1.54) is 23.1 Å². The highest BCUT2D eigenvalue weighted by atomic mass is 19.4. The van der Waals surface area contributed by atoms with Crippen LogP contribution in [0.25, 0.3) is 0 Å². The number of alkyl halides is 3. The Kier molecular flexibility index (Phi) is 6.58. The van der Waals surface area contributed by atoms with Gasteiger partial charge in [-0.1, -0.05) is 52.2 Å². The Morgan fingerprint density at radius 2 is 1.65 bits per heavy atom. The number of hydrogen-bond acceptors (Lipinski definition) is 2. The molecule has 1 unspecified atom stereocenters. The van der Waals surface area contributed by atoms with Gasteiger partial charge in [-0.15, -0.1) is 0 Å². The van der Waals surface area contributed by atoms with E-state index < -0.39 is 41.2 Å². The number of benzene rings is 1. The minimum Gasteiger partial charge on any atom is -0.465 e. The molecule has 1 saturated heterocycles. The quantitative estimate of drug-likeness (QED) is 0.661. The van der Waals surface area contributed by atoms with Crippen molar-refractivity contribution in [3.63, 3.8) is 0 Å². The predicted octanol–water partition coefficient (Wildman–Crippen LogP) is 5.65. The van der Waals surface area contributed by atoms with Gasteiger partial charge in [0.05, 0.1) is 23.2 Å². The van der Waals surface area contributed by atoms with Gasteiger partial charge in [0.15, 0.2) is 0 Å². The fraction of sp³-hybridized carbons (Fsp3) is 0.652. The Morgan fingerprint density at radius 1 is 1.03 bits per heavy atom. The minimum absolute atomic E-state index is 0.189. The SMILES string of the molecule is CC(C)(C)C1[C@@H](N(C(=O)c2ccccc2C(F)(F)F)C2CCCCC2)CCN1C(=O)O. The molecule has 3 rings (SSSR count). The lowest BCUT2D eigenvalue weighted by Crippen LogP contribution is -2.57. The van der Waals surface area contributed by atoms with Gasteiger partial charge < -0.3 is 14.9 Å². The van der Waals surface area contributed by atoms with Crippen LogP contribution in [0.4, 0.5) is 18.0 Å². The standard InChI is InChI=1S/C23H31F3N2O3/c1-22(2,3)19-18(13-14-27(19)21(30)31)28(15-9-5-4-6-10-15)20(29)16-11-7-8-12-17(16)23(24,25)26/h7-8,11-12,15,18-19H,4-6,9-10,13-14H2,1-3H3,(H,30,31)/t18-,19?/m0/s1. The molecule has 1 N–H and O–H groups in total. The van der Waals surface area contributed by atoms with Crippen LogP contribution in [0.2, 0.25) is 0 Å².